The van der Waals surface area contributed by atoms with Crippen molar-refractivity contribution in [1.82, 2.24) is 10.2 Å². The Morgan fingerprint density at radius 2 is 1.84 bits per heavy atom. The fourth-order valence-corrected chi connectivity index (χ4v) is 2.88. The van der Waals surface area contributed by atoms with Crippen molar-refractivity contribution in [1.29, 1.82) is 0 Å². The van der Waals surface area contributed by atoms with Gasteiger partial charge in [-0.2, -0.15) is 0 Å². The van der Waals surface area contributed by atoms with E-state index < -0.39 is 0 Å². The highest BCUT2D eigenvalue weighted by molar-refractivity contribution is 5.20. The molecule has 0 fully saturated rings. The molecule has 108 valence electrons. The van der Waals surface area contributed by atoms with Gasteiger partial charge < -0.3 is 10.1 Å². The molecule has 3 heteroatoms. The van der Waals surface area contributed by atoms with Crippen molar-refractivity contribution in [2.45, 2.75) is 38.9 Å². The van der Waals surface area contributed by atoms with Crippen LogP contribution in [0, 0.1) is 0 Å². The lowest BCUT2D eigenvalue weighted by molar-refractivity contribution is 0.0659. The second kappa shape index (κ2) is 8.31. The van der Waals surface area contributed by atoms with E-state index in [2.05, 4.69) is 61.3 Å². The number of nitrogens with zero attached hydrogens (tertiary/aromatic N) is 1. The normalized spacial score (nSPS) is 16.3. The molecule has 1 aromatic carbocycles. The Bertz CT molecular complexity index is 342. The van der Waals surface area contributed by atoms with E-state index in [-0.39, 0.29) is 0 Å². The van der Waals surface area contributed by atoms with Crippen LogP contribution in [0.1, 0.15) is 32.4 Å². The molecule has 0 heterocycles. The molecule has 0 saturated heterocycles. The maximum atomic E-state index is 5.29. The van der Waals surface area contributed by atoms with Crippen LogP contribution in [-0.2, 0) is 4.74 Å². The maximum absolute atomic E-state index is 5.29. The summed E-state index contributed by atoms with van der Waals surface area (Å²) in [6, 6.07) is 11.8. The summed E-state index contributed by atoms with van der Waals surface area (Å²) in [5.74, 6) is 0. The van der Waals surface area contributed by atoms with Crippen molar-refractivity contribution in [3.63, 3.8) is 0 Å². The van der Waals surface area contributed by atoms with E-state index in [9.17, 15) is 0 Å². The van der Waals surface area contributed by atoms with Crippen molar-refractivity contribution >= 4 is 0 Å². The Morgan fingerprint density at radius 1 is 1.21 bits per heavy atom. The fraction of sp³-hybridized carbons (Fsp3) is 0.625. The molecule has 3 unspecified atom stereocenters. The quantitative estimate of drug-likeness (QED) is 0.781. The van der Waals surface area contributed by atoms with Crippen LogP contribution >= 0.6 is 0 Å². The molecule has 1 rings (SSSR count). The van der Waals surface area contributed by atoms with Crippen LogP contribution in [0.2, 0.25) is 0 Å². The lowest BCUT2D eigenvalue weighted by Crippen LogP contribution is -2.47. The predicted octanol–water partition coefficient (Wildman–Crippen LogP) is 2.69. The average Bonchev–Trinajstić information content (AvgIpc) is 2.42. The Morgan fingerprint density at radius 3 is 2.32 bits per heavy atom. The number of hydrogen-bond donors (Lipinski definition) is 1. The molecule has 0 saturated carbocycles. The fourth-order valence-electron chi connectivity index (χ4n) is 2.88. The first-order valence-corrected chi connectivity index (χ1v) is 7.12. The highest BCUT2D eigenvalue weighted by atomic mass is 16.5. The van der Waals surface area contributed by atoms with Gasteiger partial charge in [-0.3, -0.25) is 4.90 Å². The first kappa shape index (κ1) is 16.2. The van der Waals surface area contributed by atoms with Crippen LogP contribution < -0.4 is 5.32 Å². The van der Waals surface area contributed by atoms with Crippen LogP contribution in [-0.4, -0.2) is 44.3 Å². The van der Waals surface area contributed by atoms with Gasteiger partial charge in [0.05, 0.1) is 6.61 Å². The van der Waals surface area contributed by atoms with Crippen molar-refractivity contribution in [2.75, 3.05) is 27.3 Å². The zero-order valence-electron chi connectivity index (χ0n) is 12.9. The van der Waals surface area contributed by atoms with Gasteiger partial charge in [-0.25, -0.2) is 0 Å². The van der Waals surface area contributed by atoms with Gasteiger partial charge in [0.2, 0.25) is 0 Å². The third-order valence-electron chi connectivity index (χ3n) is 3.81. The summed E-state index contributed by atoms with van der Waals surface area (Å²) >= 11 is 0. The second-order valence-electron chi connectivity index (χ2n) is 5.05. The highest BCUT2D eigenvalue weighted by Gasteiger charge is 2.25. The van der Waals surface area contributed by atoms with Gasteiger partial charge >= 0.3 is 0 Å². The smallest absolute Gasteiger partial charge is 0.0615 e. The summed E-state index contributed by atoms with van der Waals surface area (Å²) in [5.41, 5.74) is 1.33. The molecule has 0 spiro atoms. The van der Waals surface area contributed by atoms with Crippen LogP contribution in [0.5, 0.6) is 0 Å². The van der Waals surface area contributed by atoms with Crippen molar-refractivity contribution in [3.05, 3.63) is 35.9 Å². The third kappa shape index (κ3) is 4.30. The minimum atomic E-state index is 0.334. The topological polar surface area (TPSA) is 24.5 Å². The van der Waals surface area contributed by atoms with Gasteiger partial charge in [-0.05, 0) is 33.0 Å². The van der Waals surface area contributed by atoms with Crippen LogP contribution in [0.15, 0.2) is 30.3 Å². The molecule has 0 radical (unpaired) electrons. The second-order valence-corrected chi connectivity index (χ2v) is 5.05. The van der Waals surface area contributed by atoms with Crippen molar-refractivity contribution in [3.8, 4) is 0 Å². The Hall–Kier alpha value is -0.900. The van der Waals surface area contributed by atoms with Crippen molar-refractivity contribution in [2.24, 2.45) is 0 Å². The molecule has 0 bridgehead atoms. The molecule has 0 aliphatic carbocycles. The van der Waals surface area contributed by atoms with Gasteiger partial charge in [-0.15, -0.1) is 0 Å². The van der Waals surface area contributed by atoms with Crippen LogP contribution in [0.25, 0.3) is 0 Å². The number of hydrogen-bond acceptors (Lipinski definition) is 3. The van der Waals surface area contributed by atoms with Crippen LogP contribution in [0.3, 0.4) is 0 Å². The Kier molecular flexibility index (Phi) is 7.06. The third-order valence-corrected chi connectivity index (χ3v) is 3.81. The maximum Gasteiger partial charge on any atom is 0.0615 e. The van der Waals surface area contributed by atoms with E-state index >= 15 is 0 Å². The number of rotatable bonds is 8. The molecular formula is C16H28N2O. The summed E-state index contributed by atoms with van der Waals surface area (Å²) < 4.78 is 5.29. The molecule has 0 aliphatic heterocycles. The molecule has 3 atom stereocenters. The van der Waals surface area contributed by atoms with Gasteiger partial charge in [-0.1, -0.05) is 37.3 Å². The number of nitrogens with one attached hydrogen (secondary N) is 1. The Labute approximate surface area is 118 Å². The zero-order valence-corrected chi connectivity index (χ0v) is 12.9. The van der Waals surface area contributed by atoms with E-state index in [1.807, 2.05) is 7.05 Å². The monoisotopic (exact) mass is 264 g/mol. The average molecular weight is 264 g/mol. The van der Waals surface area contributed by atoms with E-state index in [4.69, 9.17) is 4.74 Å². The van der Waals surface area contributed by atoms with Crippen LogP contribution in [0.4, 0.5) is 0 Å². The van der Waals surface area contributed by atoms with Gasteiger partial charge in [0.25, 0.3) is 0 Å². The summed E-state index contributed by atoms with van der Waals surface area (Å²) in [4.78, 5) is 2.48. The highest BCUT2D eigenvalue weighted by Crippen LogP contribution is 2.22. The van der Waals surface area contributed by atoms with Gasteiger partial charge in [0, 0.05) is 25.2 Å². The minimum absolute atomic E-state index is 0.334. The van der Waals surface area contributed by atoms with E-state index in [0.717, 1.165) is 13.2 Å². The summed E-state index contributed by atoms with van der Waals surface area (Å²) in [7, 11) is 3.80. The molecule has 0 aliphatic rings. The predicted molar refractivity (Wildman–Crippen MR) is 81.4 cm³/mol. The lowest BCUT2D eigenvalue weighted by Gasteiger charge is -2.38. The van der Waals surface area contributed by atoms with E-state index in [1.54, 1.807) is 7.11 Å². The number of benzene rings is 1. The standard InChI is InChI=1S/C16H28N2O/c1-6-18(13(2)12-19-5)14(3)16(17-4)15-10-8-7-9-11-15/h7-11,13-14,16-17H,6,12H2,1-5H3. The zero-order chi connectivity index (χ0) is 14.3. The number of ether oxygens (including phenoxy) is 1. The summed E-state index contributed by atoms with van der Waals surface area (Å²) in [6.45, 7) is 8.51. The minimum Gasteiger partial charge on any atom is -0.383 e. The molecule has 0 aromatic heterocycles. The molecule has 1 N–H and O–H groups in total. The summed E-state index contributed by atoms with van der Waals surface area (Å²) in [5, 5.41) is 3.45. The van der Waals surface area contributed by atoms with Gasteiger partial charge in [0.15, 0.2) is 0 Å². The van der Waals surface area contributed by atoms with E-state index in [1.165, 1.54) is 5.56 Å². The number of likely N-dealkylation sites (N-methyl/N-ethyl adjacent to an activating group) is 2. The number of methoxy groups -OCH3 is 1. The lowest BCUT2D eigenvalue weighted by atomic mass is 9.98. The summed E-state index contributed by atoms with van der Waals surface area (Å²) in [6.07, 6.45) is 0. The van der Waals surface area contributed by atoms with Gasteiger partial charge in [0.1, 0.15) is 0 Å². The SMILES string of the molecule is CCN(C(C)COC)C(C)C(NC)c1ccccc1. The largest absolute Gasteiger partial charge is 0.383 e. The molecule has 3 nitrogen and oxygen atoms in total. The first-order valence-electron chi connectivity index (χ1n) is 7.12. The molecular weight excluding hydrogens is 236 g/mol. The van der Waals surface area contributed by atoms with Crippen molar-refractivity contribution < 1.29 is 4.74 Å². The van der Waals surface area contributed by atoms with E-state index in [0.29, 0.717) is 18.1 Å². The molecule has 1 aromatic rings. The molecule has 19 heavy (non-hydrogen) atoms. The Balaban J connectivity index is 2.84. The first-order chi connectivity index (χ1) is 9.15. The molecule has 0 amide bonds.